The number of amides is 1. The molecule has 128 valence electrons. The molecule has 0 aromatic heterocycles. The van der Waals surface area contributed by atoms with Crippen molar-refractivity contribution in [2.24, 2.45) is 39.6 Å². The van der Waals surface area contributed by atoms with Crippen molar-refractivity contribution in [2.45, 2.75) is 78.1 Å². The standard InChI is InChI=1S/C20H32N2O/c1-19-11-4-3-5-14(19)6-7-15-16-8-9-18(22-21-13-23)20(16,2)12-10-17(15)19/h13-17H,3-12H2,1-2H3,(H,21,23)/b22-18+/t14-,15?,16?,17?,19+,20+/m0/s1. The van der Waals surface area contributed by atoms with Crippen LogP contribution in [0.25, 0.3) is 0 Å². The molecule has 1 amide bonds. The van der Waals surface area contributed by atoms with E-state index in [9.17, 15) is 4.79 Å². The first-order valence-corrected chi connectivity index (χ1v) is 9.86. The van der Waals surface area contributed by atoms with Gasteiger partial charge < -0.3 is 0 Å². The van der Waals surface area contributed by atoms with E-state index in [0.29, 0.717) is 11.8 Å². The van der Waals surface area contributed by atoms with Gasteiger partial charge in [-0.3, -0.25) is 4.79 Å². The maximum absolute atomic E-state index is 10.6. The Bertz CT molecular complexity index is 516. The lowest BCUT2D eigenvalue weighted by molar-refractivity contribution is -0.109. The summed E-state index contributed by atoms with van der Waals surface area (Å²) in [5.41, 5.74) is 4.71. The zero-order valence-electron chi connectivity index (χ0n) is 14.8. The van der Waals surface area contributed by atoms with E-state index < -0.39 is 0 Å². The van der Waals surface area contributed by atoms with E-state index in [2.05, 4.69) is 24.4 Å². The summed E-state index contributed by atoms with van der Waals surface area (Å²) in [4.78, 5) is 10.6. The fourth-order valence-corrected chi connectivity index (χ4v) is 7.37. The normalized spacial score (nSPS) is 50.8. The first-order chi connectivity index (χ1) is 11.1. The summed E-state index contributed by atoms with van der Waals surface area (Å²) < 4.78 is 0. The highest BCUT2D eigenvalue weighted by atomic mass is 16.1. The summed E-state index contributed by atoms with van der Waals surface area (Å²) >= 11 is 0. The molecule has 0 aliphatic heterocycles. The Hall–Kier alpha value is -0.860. The highest BCUT2D eigenvalue weighted by molar-refractivity contribution is 5.92. The molecule has 0 heterocycles. The minimum atomic E-state index is 0.245. The van der Waals surface area contributed by atoms with Gasteiger partial charge in [0, 0.05) is 11.1 Å². The summed E-state index contributed by atoms with van der Waals surface area (Å²) in [7, 11) is 0. The Morgan fingerprint density at radius 3 is 2.74 bits per heavy atom. The van der Waals surface area contributed by atoms with Crippen molar-refractivity contribution in [3.63, 3.8) is 0 Å². The lowest BCUT2D eigenvalue weighted by atomic mass is 9.45. The Kier molecular flexibility index (Phi) is 3.81. The third-order valence-corrected chi connectivity index (χ3v) is 8.58. The molecule has 0 spiro atoms. The third kappa shape index (κ3) is 2.21. The van der Waals surface area contributed by atoms with Crippen molar-refractivity contribution < 1.29 is 4.79 Å². The molecule has 6 atom stereocenters. The number of carbonyl (C=O) groups is 1. The molecule has 0 radical (unpaired) electrons. The molecule has 0 aromatic carbocycles. The lowest BCUT2D eigenvalue weighted by Gasteiger charge is -2.59. The summed E-state index contributed by atoms with van der Waals surface area (Å²) in [5.74, 6) is 3.64. The second-order valence-electron chi connectivity index (χ2n) is 9.20. The van der Waals surface area contributed by atoms with Gasteiger partial charge in [-0.1, -0.05) is 26.7 Å². The van der Waals surface area contributed by atoms with Crippen molar-refractivity contribution >= 4 is 12.1 Å². The number of hydrogen-bond acceptors (Lipinski definition) is 2. The summed E-state index contributed by atoms with van der Waals surface area (Å²) in [6.07, 6.45) is 14.5. The van der Waals surface area contributed by atoms with Crippen molar-refractivity contribution in [2.75, 3.05) is 0 Å². The van der Waals surface area contributed by atoms with E-state index >= 15 is 0 Å². The average Bonchev–Trinajstić information content (AvgIpc) is 2.89. The number of rotatable bonds is 2. The van der Waals surface area contributed by atoms with Gasteiger partial charge in [0.15, 0.2) is 0 Å². The first kappa shape index (κ1) is 15.7. The van der Waals surface area contributed by atoms with Gasteiger partial charge in [-0.2, -0.15) is 5.10 Å². The molecule has 0 bridgehead atoms. The van der Waals surface area contributed by atoms with Gasteiger partial charge in [0.2, 0.25) is 6.41 Å². The van der Waals surface area contributed by atoms with E-state index in [1.54, 1.807) is 0 Å². The van der Waals surface area contributed by atoms with Gasteiger partial charge in [-0.05, 0) is 80.5 Å². The van der Waals surface area contributed by atoms with Crippen LogP contribution in [0.15, 0.2) is 5.10 Å². The fourth-order valence-electron chi connectivity index (χ4n) is 7.37. The molecule has 4 aliphatic carbocycles. The molecule has 3 unspecified atom stereocenters. The van der Waals surface area contributed by atoms with Crippen LogP contribution in [0.5, 0.6) is 0 Å². The number of carbonyl (C=O) groups excluding carboxylic acids is 1. The SMILES string of the molecule is C[C@@]12CCC3C(CC[C@@H]4CCCC[C@@]34C)C1CC/C2=N\NC=O. The molecule has 4 saturated carbocycles. The van der Waals surface area contributed by atoms with E-state index in [-0.39, 0.29) is 5.41 Å². The van der Waals surface area contributed by atoms with Crippen LogP contribution in [-0.2, 0) is 4.79 Å². The molecule has 3 nitrogen and oxygen atoms in total. The quantitative estimate of drug-likeness (QED) is 0.590. The highest BCUT2D eigenvalue weighted by Crippen LogP contribution is 2.65. The third-order valence-electron chi connectivity index (χ3n) is 8.58. The van der Waals surface area contributed by atoms with Crippen LogP contribution < -0.4 is 5.43 Å². The molecular weight excluding hydrogens is 284 g/mol. The van der Waals surface area contributed by atoms with Crippen LogP contribution in [-0.4, -0.2) is 12.1 Å². The second-order valence-corrected chi connectivity index (χ2v) is 9.20. The van der Waals surface area contributed by atoms with Crippen LogP contribution in [0, 0.1) is 34.5 Å². The smallest absolute Gasteiger partial charge is 0.227 e. The number of hydrogen-bond donors (Lipinski definition) is 1. The molecule has 1 N–H and O–H groups in total. The predicted octanol–water partition coefficient (Wildman–Crippen LogP) is 4.52. The van der Waals surface area contributed by atoms with Crippen LogP contribution >= 0.6 is 0 Å². The van der Waals surface area contributed by atoms with Gasteiger partial charge in [-0.25, -0.2) is 5.43 Å². The molecule has 4 rings (SSSR count). The topological polar surface area (TPSA) is 41.5 Å². The Balaban J connectivity index is 1.61. The Morgan fingerprint density at radius 1 is 1.04 bits per heavy atom. The van der Waals surface area contributed by atoms with Gasteiger partial charge >= 0.3 is 0 Å². The van der Waals surface area contributed by atoms with Crippen LogP contribution in [0.3, 0.4) is 0 Å². The van der Waals surface area contributed by atoms with E-state index in [0.717, 1.165) is 30.1 Å². The van der Waals surface area contributed by atoms with Gasteiger partial charge in [0.1, 0.15) is 0 Å². The van der Waals surface area contributed by atoms with Crippen LogP contribution in [0.2, 0.25) is 0 Å². The Morgan fingerprint density at radius 2 is 1.91 bits per heavy atom. The molecule has 23 heavy (non-hydrogen) atoms. The van der Waals surface area contributed by atoms with Crippen molar-refractivity contribution in [1.82, 2.24) is 5.43 Å². The van der Waals surface area contributed by atoms with E-state index in [1.165, 1.54) is 63.5 Å². The number of hydrazone groups is 1. The van der Waals surface area contributed by atoms with E-state index in [1.807, 2.05) is 0 Å². The molecular formula is C20H32N2O. The van der Waals surface area contributed by atoms with Gasteiger partial charge in [-0.15, -0.1) is 0 Å². The molecule has 4 aliphatic rings. The molecule has 4 fully saturated rings. The van der Waals surface area contributed by atoms with Gasteiger partial charge in [0.05, 0.1) is 0 Å². The number of fused-ring (bicyclic) bond motifs is 5. The van der Waals surface area contributed by atoms with Gasteiger partial charge in [0.25, 0.3) is 0 Å². The minimum absolute atomic E-state index is 0.245. The molecule has 3 heteroatoms. The predicted molar refractivity (Wildman–Crippen MR) is 93.0 cm³/mol. The monoisotopic (exact) mass is 316 g/mol. The lowest BCUT2D eigenvalue weighted by Crippen LogP contribution is -2.52. The largest absolute Gasteiger partial charge is 0.277 e. The molecule has 0 saturated heterocycles. The number of nitrogens with zero attached hydrogens (tertiary/aromatic N) is 1. The van der Waals surface area contributed by atoms with Crippen LogP contribution in [0.1, 0.15) is 78.1 Å². The summed E-state index contributed by atoms with van der Waals surface area (Å²) in [6, 6.07) is 0. The zero-order valence-corrected chi connectivity index (χ0v) is 14.8. The van der Waals surface area contributed by atoms with Crippen molar-refractivity contribution in [1.29, 1.82) is 0 Å². The summed E-state index contributed by atoms with van der Waals surface area (Å²) in [5, 5.41) is 4.43. The Labute approximate surface area is 140 Å². The van der Waals surface area contributed by atoms with Crippen molar-refractivity contribution in [3.05, 3.63) is 0 Å². The number of nitrogens with one attached hydrogen (secondary N) is 1. The maximum Gasteiger partial charge on any atom is 0.227 e. The summed E-state index contributed by atoms with van der Waals surface area (Å²) in [6.45, 7) is 5.07. The highest BCUT2D eigenvalue weighted by Gasteiger charge is 2.58. The zero-order chi connectivity index (χ0) is 16.1. The average molecular weight is 316 g/mol. The minimum Gasteiger partial charge on any atom is -0.277 e. The van der Waals surface area contributed by atoms with Crippen molar-refractivity contribution in [3.8, 4) is 0 Å². The fraction of sp³-hybridized carbons (Fsp3) is 0.900. The maximum atomic E-state index is 10.6. The van der Waals surface area contributed by atoms with E-state index in [4.69, 9.17) is 0 Å². The second kappa shape index (κ2) is 5.60. The van der Waals surface area contributed by atoms with Crippen LogP contribution in [0.4, 0.5) is 0 Å². The first-order valence-electron chi connectivity index (χ1n) is 9.86. The molecule has 0 aromatic rings.